The van der Waals surface area contributed by atoms with Crippen LogP contribution in [-0.2, 0) is 11.3 Å². The van der Waals surface area contributed by atoms with Gasteiger partial charge in [0.15, 0.2) is 5.82 Å². The second kappa shape index (κ2) is 4.88. The van der Waals surface area contributed by atoms with Crippen LogP contribution in [0.25, 0.3) is 0 Å². The molecule has 1 aliphatic heterocycles. The van der Waals surface area contributed by atoms with E-state index in [0.29, 0.717) is 12.2 Å². The van der Waals surface area contributed by atoms with Crippen molar-refractivity contribution in [3.63, 3.8) is 0 Å². The Morgan fingerprint density at radius 3 is 2.94 bits per heavy atom. The molecule has 1 saturated heterocycles. The summed E-state index contributed by atoms with van der Waals surface area (Å²) in [5, 5.41) is 7.31. The fourth-order valence-corrected chi connectivity index (χ4v) is 2.33. The van der Waals surface area contributed by atoms with Crippen LogP contribution < -0.4 is 16.0 Å². The molecule has 0 bridgehead atoms. The molecule has 0 radical (unpaired) electrons. The van der Waals surface area contributed by atoms with Crippen molar-refractivity contribution in [2.75, 3.05) is 23.7 Å². The molecule has 18 heavy (non-hydrogen) atoms. The maximum Gasteiger partial charge on any atom is 0.242 e. The van der Waals surface area contributed by atoms with Crippen LogP contribution in [0.2, 0.25) is 0 Å². The predicted molar refractivity (Wildman–Crippen MR) is 71.5 cm³/mol. The van der Waals surface area contributed by atoms with Gasteiger partial charge in [-0.25, -0.2) is 4.68 Å². The van der Waals surface area contributed by atoms with Crippen molar-refractivity contribution < 1.29 is 4.79 Å². The first-order chi connectivity index (χ1) is 8.56. The molecule has 0 aliphatic carbocycles. The van der Waals surface area contributed by atoms with Crippen LogP contribution in [0.15, 0.2) is 0 Å². The van der Waals surface area contributed by atoms with Crippen LogP contribution in [0.3, 0.4) is 0 Å². The van der Waals surface area contributed by atoms with Gasteiger partial charge >= 0.3 is 0 Å². The minimum atomic E-state index is -0.201. The number of hydrogen-bond donors (Lipinski definition) is 2. The summed E-state index contributed by atoms with van der Waals surface area (Å²) in [6.07, 6.45) is 0.988. The molecule has 0 aromatic carbocycles. The van der Waals surface area contributed by atoms with Crippen molar-refractivity contribution in [3.8, 4) is 0 Å². The zero-order valence-corrected chi connectivity index (χ0v) is 11.2. The van der Waals surface area contributed by atoms with E-state index in [1.54, 1.807) is 0 Å². The highest BCUT2D eigenvalue weighted by molar-refractivity contribution is 5.87. The maximum absolute atomic E-state index is 11.7. The molecule has 0 spiro atoms. The number of hydrogen-bond acceptors (Lipinski definition) is 4. The lowest BCUT2D eigenvalue weighted by Gasteiger charge is -2.35. The lowest BCUT2D eigenvalue weighted by Crippen LogP contribution is -2.54. The summed E-state index contributed by atoms with van der Waals surface area (Å²) in [5.74, 6) is 0.930. The van der Waals surface area contributed by atoms with E-state index in [2.05, 4.69) is 17.3 Å². The second-order valence-corrected chi connectivity index (χ2v) is 4.71. The average molecular weight is 251 g/mol. The Labute approximate surface area is 107 Å². The number of aryl methyl sites for hydroxylation is 2. The summed E-state index contributed by atoms with van der Waals surface area (Å²) in [5.41, 5.74) is 7.63. The summed E-state index contributed by atoms with van der Waals surface area (Å²) >= 11 is 0. The first-order valence-corrected chi connectivity index (χ1v) is 6.43. The number of piperazine rings is 1. The summed E-state index contributed by atoms with van der Waals surface area (Å²) in [4.78, 5) is 13.8. The van der Waals surface area contributed by atoms with Gasteiger partial charge in [-0.1, -0.05) is 6.92 Å². The summed E-state index contributed by atoms with van der Waals surface area (Å²) in [6, 6.07) is -0.201. The van der Waals surface area contributed by atoms with Crippen LogP contribution in [-0.4, -0.2) is 34.8 Å². The molecule has 6 nitrogen and oxygen atoms in total. The van der Waals surface area contributed by atoms with Crippen LogP contribution in [0.5, 0.6) is 0 Å². The lowest BCUT2D eigenvalue weighted by atomic mass is 10.2. The van der Waals surface area contributed by atoms with E-state index in [-0.39, 0.29) is 11.9 Å². The molecular formula is C12H21N5O. The van der Waals surface area contributed by atoms with Gasteiger partial charge in [0.05, 0.1) is 11.4 Å². The number of nitrogens with one attached hydrogen (secondary N) is 1. The number of rotatable bonds is 3. The summed E-state index contributed by atoms with van der Waals surface area (Å²) in [6.45, 7) is 8.14. The van der Waals surface area contributed by atoms with Gasteiger partial charge in [-0.15, -0.1) is 0 Å². The summed E-state index contributed by atoms with van der Waals surface area (Å²) < 4.78 is 1.92. The van der Waals surface area contributed by atoms with E-state index < -0.39 is 0 Å². The first kappa shape index (κ1) is 12.7. The minimum absolute atomic E-state index is 0.0440. The number of aromatic nitrogens is 2. The van der Waals surface area contributed by atoms with Gasteiger partial charge in [-0.05, 0) is 20.3 Å². The number of carbonyl (C=O) groups excluding carboxylic acids is 1. The van der Waals surface area contributed by atoms with E-state index in [0.717, 1.165) is 31.0 Å². The topological polar surface area (TPSA) is 76.2 Å². The molecule has 1 aromatic heterocycles. The van der Waals surface area contributed by atoms with Crippen molar-refractivity contribution in [3.05, 3.63) is 5.69 Å². The van der Waals surface area contributed by atoms with Crippen molar-refractivity contribution in [2.24, 2.45) is 0 Å². The SMILES string of the molecule is CCCn1nc(C)c(N)c1N1CCNC(=O)C1C. The zero-order valence-electron chi connectivity index (χ0n) is 11.2. The Kier molecular flexibility index (Phi) is 3.45. The highest BCUT2D eigenvalue weighted by Gasteiger charge is 2.30. The quantitative estimate of drug-likeness (QED) is 0.820. The van der Waals surface area contributed by atoms with Crippen LogP contribution in [0, 0.1) is 6.92 Å². The highest BCUT2D eigenvalue weighted by atomic mass is 16.2. The average Bonchev–Trinajstić information content (AvgIpc) is 2.60. The van der Waals surface area contributed by atoms with Crippen LogP contribution in [0.4, 0.5) is 11.5 Å². The highest BCUT2D eigenvalue weighted by Crippen LogP contribution is 2.29. The fourth-order valence-electron chi connectivity index (χ4n) is 2.33. The van der Waals surface area contributed by atoms with Crippen LogP contribution >= 0.6 is 0 Å². The molecule has 0 saturated carbocycles. The molecule has 1 aliphatic rings. The molecule has 100 valence electrons. The Morgan fingerprint density at radius 1 is 1.56 bits per heavy atom. The first-order valence-electron chi connectivity index (χ1n) is 6.43. The number of amides is 1. The molecule has 1 aromatic rings. The van der Waals surface area contributed by atoms with Gasteiger partial charge in [-0.3, -0.25) is 4.79 Å². The Hall–Kier alpha value is -1.72. The molecule has 2 heterocycles. The molecule has 1 atom stereocenters. The van der Waals surface area contributed by atoms with Crippen molar-refractivity contribution in [2.45, 2.75) is 39.8 Å². The van der Waals surface area contributed by atoms with Gasteiger partial charge < -0.3 is 16.0 Å². The maximum atomic E-state index is 11.7. The fraction of sp³-hybridized carbons (Fsp3) is 0.667. The largest absolute Gasteiger partial charge is 0.394 e. The normalized spacial score (nSPS) is 20.1. The summed E-state index contributed by atoms with van der Waals surface area (Å²) in [7, 11) is 0. The van der Waals surface area contributed by atoms with Gasteiger partial charge in [0.25, 0.3) is 0 Å². The molecule has 6 heteroatoms. The molecule has 1 fully saturated rings. The number of carbonyl (C=O) groups is 1. The van der Waals surface area contributed by atoms with Gasteiger partial charge in [0.1, 0.15) is 6.04 Å². The molecule has 2 rings (SSSR count). The molecule has 1 unspecified atom stereocenters. The zero-order chi connectivity index (χ0) is 13.3. The van der Waals surface area contributed by atoms with Crippen molar-refractivity contribution in [1.29, 1.82) is 0 Å². The van der Waals surface area contributed by atoms with Crippen LogP contribution in [0.1, 0.15) is 26.0 Å². The van der Waals surface area contributed by atoms with E-state index in [4.69, 9.17) is 5.73 Å². The number of nitrogen functional groups attached to an aromatic ring is 1. The standard InChI is InChI=1S/C12H21N5O/c1-4-6-17-12(10(13)8(2)15-17)16-7-5-14-11(18)9(16)3/h9H,4-7,13H2,1-3H3,(H,14,18). The predicted octanol–water partition coefficient (Wildman–Crippen LogP) is 0.508. The Balaban J connectivity index is 2.39. The third kappa shape index (κ3) is 2.02. The number of nitrogens with two attached hydrogens (primary N) is 1. The third-order valence-electron chi connectivity index (χ3n) is 3.35. The van der Waals surface area contributed by atoms with Crippen molar-refractivity contribution in [1.82, 2.24) is 15.1 Å². The minimum Gasteiger partial charge on any atom is -0.394 e. The van der Waals surface area contributed by atoms with E-state index >= 15 is 0 Å². The van der Waals surface area contributed by atoms with E-state index in [1.807, 2.05) is 23.4 Å². The van der Waals surface area contributed by atoms with Gasteiger partial charge in [0.2, 0.25) is 5.91 Å². The number of nitrogens with zero attached hydrogens (tertiary/aromatic N) is 3. The third-order valence-corrected chi connectivity index (χ3v) is 3.35. The van der Waals surface area contributed by atoms with Gasteiger partial charge in [0, 0.05) is 19.6 Å². The molecule has 3 N–H and O–H groups in total. The Bertz CT molecular complexity index is 454. The molecular weight excluding hydrogens is 230 g/mol. The smallest absolute Gasteiger partial charge is 0.242 e. The Morgan fingerprint density at radius 2 is 2.28 bits per heavy atom. The lowest BCUT2D eigenvalue weighted by molar-refractivity contribution is -0.122. The van der Waals surface area contributed by atoms with E-state index in [9.17, 15) is 4.79 Å². The van der Waals surface area contributed by atoms with E-state index in [1.165, 1.54) is 0 Å². The van der Waals surface area contributed by atoms with Crippen molar-refractivity contribution >= 4 is 17.4 Å². The number of anilines is 2. The van der Waals surface area contributed by atoms with Gasteiger partial charge in [-0.2, -0.15) is 5.10 Å². The monoisotopic (exact) mass is 251 g/mol. The second-order valence-electron chi connectivity index (χ2n) is 4.71. The molecule has 1 amide bonds.